The van der Waals surface area contributed by atoms with Crippen LogP contribution in [0.15, 0.2) is 59.8 Å². The summed E-state index contributed by atoms with van der Waals surface area (Å²) in [6.45, 7) is 4.44. The van der Waals surface area contributed by atoms with Crippen molar-refractivity contribution in [2.45, 2.75) is 52.1 Å². The van der Waals surface area contributed by atoms with Crippen molar-refractivity contribution in [3.8, 4) is 5.69 Å². The van der Waals surface area contributed by atoms with Gasteiger partial charge in [-0.15, -0.1) is 0 Å². The largest absolute Gasteiger partial charge is 0.349 e. The quantitative estimate of drug-likeness (QED) is 0.435. The number of nitrogens with one attached hydrogen (secondary N) is 1. The Hall–Kier alpha value is -3.45. The number of hydrogen-bond acceptors (Lipinski definition) is 4. The number of carbonyl (C=O) groups is 1. The molecule has 0 aliphatic heterocycles. The average Bonchev–Trinajstić information content (AvgIpc) is 3.13. The maximum atomic E-state index is 13.6. The molecule has 0 unspecified atom stereocenters. The number of aromatic nitrogens is 4. The van der Waals surface area contributed by atoms with E-state index in [1.807, 2.05) is 48.7 Å². The Labute approximate surface area is 208 Å². The van der Waals surface area contributed by atoms with Crippen molar-refractivity contribution in [2.75, 3.05) is 0 Å². The Morgan fingerprint density at radius 3 is 2.57 bits per heavy atom. The summed E-state index contributed by atoms with van der Waals surface area (Å²) in [6, 6.07) is 11.6. The molecule has 0 atom stereocenters. The predicted molar refractivity (Wildman–Crippen MR) is 137 cm³/mol. The van der Waals surface area contributed by atoms with E-state index in [9.17, 15) is 9.59 Å². The van der Waals surface area contributed by atoms with Gasteiger partial charge in [-0.3, -0.25) is 23.9 Å². The number of benzene rings is 1. The van der Waals surface area contributed by atoms with Crippen molar-refractivity contribution >= 4 is 28.5 Å². The Bertz CT molecular complexity index is 1450. The number of para-hydroxylation sites is 2. The second kappa shape index (κ2) is 9.66. The van der Waals surface area contributed by atoms with E-state index in [4.69, 9.17) is 11.6 Å². The van der Waals surface area contributed by atoms with E-state index < -0.39 is 0 Å². The molecular weight excluding hydrogens is 462 g/mol. The van der Waals surface area contributed by atoms with E-state index >= 15 is 0 Å². The number of nitrogens with zero attached hydrogens (tertiary/aromatic N) is 4. The van der Waals surface area contributed by atoms with Crippen LogP contribution in [0.5, 0.6) is 0 Å². The number of fused-ring (bicyclic) bond motifs is 1. The van der Waals surface area contributed by atoms with E-state index in [1.165, 1.54) is 0 Å². The van der Waals surface area contributed by atoms with Gasteiger partial charge in [0.1, 0.15) is 0 Å². The van der Waals surface area contributed by atoms with Crippen LogP contribution in [0.3, 0.4) is 0 Å². The van der Waals surface area contributed by atoms with E-state index in [2.05, 4.69) is 15.3 Å². The molecule has 1 amide bonds. The van der Waals surface area contributed by atoms with Crippen molar-refractivity contribution in [1.29, 1.82) is 0 Å². The molecule has 7 nitrogen and oxygen atoms in total. The molecule has 1 fully saturated rings. The zero-order valence-electron chi connectivity index (χ0n) is 19.9. The van der Waals surface area contributed by atoms with Gasteiger partial charge >= 0.3 is 5.69 Å². The van der Waals surface area contributed by atoms with Gasteiger partial charge in [-0.05, 0) is 75.3 Å². The molecule has 8 heteroatoms. The first-order valence-electron chi connectivity index (χ1n) is 12.0. The van der Waals surface area contributed by atoms with Gasteiger partial charge in [0.25, 0.3) is 5.91 Å². The van der Waals surface area contributed by atoms with Crippen LogP contribution in [-0.4, -0.2) is 31.1 Å². The molecule has 35 heavy (non-hydrogen) atoms. The summed E-state index contributed by atoms with van der Waals surface area (Å²) >= 11 is 6.03. The highest BCUT2D eigenvalue weighted by molar-refractivity contribution is 6.30. The highest BCUT2D eigenvalue weighted by atomic mass is 35.5. The maximum absolute atomic E-state index is 13.6. The number of aryl methyl sites for hydroxylation is 2. The van der Waals surface area contributed by atoms with Crippen molar-refractivity contribution in [2.24, 2.45) is 5.92 Å². The van der Waals surface area contributed by atoms with Crippen LogP contribution in [0, 0.1) is 19.8 Å². The number of carbonyl (C=O) groups excluding carboxylic acids is 1. The molecule has 1 aliphatic rings. The minimum Gasteiger partial charge on any atom is -0.349 e. The van der Waals surface area contributed by atoms with Gasteiger partial charge in [-0.25, -0.2) is 4.79 Å². The number of amides is 1. The third-order valence-electron chi connectivity index (χ3n) is 6.99. The molecule has 0 radical (unpaired) electrons. The molecule has 0 bridgehead atoms. The fraction of sp³-hybridized carbons (Fsp3) is 0.333. The fourth-order valence-electron chi connectivity index (χ4n) is 5.08. The van der Waals surface area contributed by atoms with Gasteiger partial charge in [0, 0.05) is 31.2 Å². The molecule has 3 aromatic heterocycles. The lowest BCUT2D eigenvalue weighted by Crippen LogP contribution is -2.39. The molecule has 4 aromatic rings. The monoisotopic (exact) mass is 489 g/mol. The lowest BCUT2D eigenvalue weighted by Gasteiger charge is -2.29. The Morgan fingerprint density at radius 1 is 1.09 bits per heavy atom. The normalized spacial score (nSPS) is 18.0. The van der Waals surface area contributed by atoms with Gasteiger partial charge < -0.3 is 5.32 Å². The summed E-state index contributed by atoms with van der Waals surface area (Å²) in [7, 11) is 0. The summed E-state index contributed by atoms with van der Waals surface area (Å²) < 4.78 is 3.69. The molecule has 180 valence electrons. The number of hydrogen-bond donors (Lipinski definition) is 1. The van der Waals surface area contributed by atoms with Crippen molar-refractivity contribution in [3.63, 3.8) is 0 Å². The van der Waals surface area contributed by atoms with Crippen molar-refractivity contribution < 1.29 is 4.79 Å². The minimum atomic E-state index is -0.132. The lowest BCUT2D eigenvalue weighted by molar-refractivity contribution is 0.0919. The van der Waals surface area contributed by atoms with Gasteiger partial charge in [-0.1, -0.05) is 23.7 Å². The second-order valence-corrected chi connectivity index (χ2v) is 9.79. The van der Waals surface area contributed by atoms with E-state index in [-0.39, 0.29) is 17.6 Å². The summed E-state index contributed by atoms with van der Waals surface area (Å²) in [5, 5.41) is 3.60. The zero-order valence-corrected chi connectivity index (χ0v) is 20.6. The van der Waals surface area contributed by atoms with Crippen LogP contribution in [0.4, 0.5) is 0 Å². The molecule has 0 saturated heterocycles. The first-order valence-corrected chi connectivity index (χ1v) is 12.3. The first kappa shape index (κ1) is 23.3. The first-order chi connectivity index (χ1) is 16.9. The summed E-state index contributed by atoms with van der Waals surface area (Å²) in [5.41, 5.74) is 4.81. The molecular formula is C27H28ClN5O2. The molecule has 0 spiro atoms. The van der Waals surface area contributed by atoms with Gasteiger partial charge in [0.05, 0.1) is 33.0 Å². The Balaban J connectivity index is 1.31. The second-order valence-electron chi connectivity index (χ2n) is 9.36. The van der Waals surface area contributed by atoms with E-state index in [1.54, 1.807) is 29.2 Å². The maximum Gasteiger partial charge on any atom is 0.333 e. The van der Waals surface area contributed by atoms with E-state index in [0.29, 0.717) is 28.7 Å². The summed E-state index contributed by atoms with van der Waals surface area (Å²) in [5.74, 6) is 0.237. The van der Waals surface area contributed by atoms with Crippen molar-refractivity contribution in [1.82, 2.24) is 24.4 Å². The van der Waals surface area contributed by atoms with Crippen LogP contribution < -0.4 is 11.0 Å². The number of rotatable bonds is 5. The topological polar surface area (TPSA) is 81.8 Å². The summed E-state index contributed by atoms with van der Waals surface area (Å²) in [6.07, 6.45) is 8.69. The molecule has 5 rings (SSSR count). The van der Waals surface area contributed by atoms with Gasteiger partial charge in [-0.2, -0.15) is 0 Å². The smallest absolute Gasteiger partial charge is 0.333 e. The molecule has 1 N–H and O–H groups in total. The third kappa shape index (κ3) is 4.60. The standard InChI is InChI=1S/C27H28ClN5O2/c1-17-14-29-12-11-23(17)33-25-6-4-3-5-24(25)32(27(33)35)16-19-7-9-21(10-8-19)31-26(34)22-13-20(28)15-30-18(22)2/h3-6,11-15,19,21H,7-10,16H2,1-2H3,(H,31,34). The van der Waals surface area contributed by atoms with Gasteiger partial charge in [0.15, 0.2) is 0 Å². The highest BCUT2D eigenvalue weighted by Crippen LogP contribution is 2.28. The lowest BCUT2D eigenvalue weighted by atomic mass is 9.85. The van der Waals surface area contributed by atoms with Crippen LogP contribution in [0.1, 0.15) is 47.3 Å². The Morgan fingerprint density at radius 2 is 1.83 bits per heavy atom. The van der Waals surface area contributed by atoms with Gasteiger partial charge in [0.2, 0.25) is 0 Å². The van der Waals surface area contributed by atoms with Crippen molar-refractivity contribution in [3.05, 3.63) is 87.3 Å². The van der Waals surface area contributed by atoms with E-state index in [0.717, 1.165) is 48.0 Å². The van der Waals surface area contributed by atoms with Crippen LogP contribution in [0.2, 0.25) is 5.02 Å². The SMILES string of the molecule is Cc1cnccc1-n1c(=O)n(CC2CCC(NC(=O)c3cc(Cl)cnc3C)CC2)c2ccccc21. The molecule has 1 aromatic carbocycles. The number of halogens is 1. The minimum absolute atomic E-state index is 0.0279. The third-order valence-corrected chi connectivity index (χ3v) is 7.19. The highest BCUT2D eigenvalue weighted by Gasteiger charge is 2.26. The van der Waals surface area contributed by atoms with Crippen LogP contribution in [0.25, 0.3) is 16.7 Å². The Kier molecular flexibility index (Phi) is 6.43. The number of pyridine rings is 2. The number of imidazole rings is 1. The zero-order chi connectivity index (χ0) is 24.5. The molecule has 1 aliphatic carbocycles. The van der Waals surface area contributed by atoms with Crippen LogP contribution >= 0.6 is 11.6 Å². The average molecular weight is 490 g/mol. The predicted octanol–water partition coefficient (Wildman–Crippen LogP) is 4.84. The summed E-state index contributed by atoms with van der Waals surface area (Å²) in [4.78, 5) is 34.7. The fourth-order valence-corrected chi connectivity index (χ4v) is 5.24. The van der Waals surface area contributed by atoms with Crippen LogP contribution in [-0.2, 0) is 6.54 Å². The molecule has 1 saturated carbocycles. The molecule has 3 heterocycles.